The van der Waals surface area contributed by atoms with E-state index in [1.807, 2.05) is 12.1 Å². The summed E-state index contributed by atoms with van der Waals surface area (Å²) in [6.45, 7) is 9.70. The van der Waals surface area contributed by atoms with E-state index in [1.54, 1.807) is 26.2 Å². The number of methoxy groups -OCH3 is 1. The molecular weight excluding hydrogens is 312 g/mol. The Morgan fingerprint density at radius 1 is 1.13 bits per heavy atom. The molecule has 1 aromatic carbocycles. The molecule has 1 heterocycles. The van der Waals surface area contributed by atoms with Crippen molar-refractivity contribution in [2.24, 2.45) is 0 Å². The maximum atomic E-state index is 11.9. The number of ether oxygens (including phenoxy) is 1. The lowest BCUT2D eigenvalue weighted by Gasteiger charge is -2.45. The predicted octanol–water partition coefficient (Wildman–Crippen LogP) is 2.03. The summed E-state index contributed by atoms with van der Waals surface area (Å²) in [5.41, 5.74) is 1.09. The zero-order valence-electron chi connectivity index (χ0n) is 14.5. The summed E-state index contributed by atoms with van der Waals surface area (Å²) in [6.07, 6.45) is 0. The molecule has 130 valence electrons. The molecule has 1 saturated heterocycles. The van der Waals surface area contributed by atoms with E-state index in [9.17, 15) is 8.42 Å². The molecule has 0 amide bonds. The molecule has 1 aliphatic rings. The van der Waals surface area contributed by atoms with Crippen molar-refractivity contribution in [3.63, 3.8) is 0 Å². The van der Waals surface area contributed by atoms with Gasteiger partial charge in [0.2, 0.25) is 0 Å². The smallest absolute Gasteiger partial charge is 0.178 e. The van der Waals surface area contributed by atoms with E-state index >= 15 is 0 Å². The summed E-state index contributed by atoms with van der Waals surface area (Å²) < 4.78 is 29.0. The number of benzene rings is 1. The SMILES string of the molecule is CCS(=O)(=O)c1ccc(N2C[C@@H](C)N(CCOC)[C@@H](C)C2)cc1. The minimum absolute atomic E-state index is 0.137. The van der Waals surface area contributed by atoms with Crippen LogP contribution in [0, 0.1) is 0 Å². The second kappa shape index (κ2) is 7.64. The fourth-order valence-corrected chi connectivity index (χ4v) is 4.12. The lowest BCUT2D eigenvalue weighted by atomic mass is 10.1. The molecule has 23 heavy (non-hydrogen) atoms. The molecule has 1 fully saturated rings. The van der Waals surface area contributed by atoms with E-state index in [4.69, 9.17) is 4.74 Å². The molecular formula is C17H28N2O3S. The third-order valence-electron chi connectivity index (χ3n) is 4.60. The second-order valence-electron chi connectivity index (χ2n) is 6.23. The Morgan fingerprint density at radius 3 is 2.17 bits per heavy atom. The molecule has 1 aromatic rings. The minimum Gasteiger partial charge on any atom is -0.383 e. The van der Waals surface area contributed by atoms with E-state index in [1.165, 1.54) is 0 Å². The van der Waals surface area contributed by atoms with Gasteiger partial charge in [0.1, 0.15) is 0 Å². The highest BCUT2D eigenvalue weighted by molar-refractivity contribution is 7.91. The number of anilines is 1. The molecule has 0 aliphatic carbocycles. The van der Waals surface area contributed by atoms with E-state index in [0.29, 0.717) is 17.0 Å². The quantitative estimate of drug-likeness (QED) is 0.793. The fraction of sp³-hybridized carbons (Fsp3) is 0.647. The molecule has 0 unspecified atom stereocenters. The lowest BCUT2D eigenvalue weighted by Crippen LogP contribution is -2.57. The normalized spacial score (nSPS) is 23.2. The Kier molecular flexibility index (Phi) is 6.06. The molecule has 0 radical (unpaired) electrons. The average Bonchev–Trinajstić information content (AvgIpc) is 2.54. The van der Waals surface area contributed by atoms with Gasteiger partial charge in [-0.15, -0.1) is 0 Å². The Hall–Kier alpha value is -1.11. The Labute approximate surface area is 140 Å². The third-order valence-corrected chi connectivity index (χ3v) is 6.35. The summed E-state index contributed by atoms with van der Waals surface area (Å²) in [5, 5.41) is 0. The summed E-state index contributed by atoms with van der Waals surface area (Å²) in [4.78, 5) is 5.21. The number of piperazine rings is 1. The standard InChI is InChI=1S/C17H28N2O3S/c1-5-23(20,21)17-8-6-16(7-9-17)18-12-14(2)19(10-11-22-4)15(3)13-18/h6-9,14-15H,5,10-13H2,1-4H3/t14-,15+. The molecule has 2 atom stereocenters. The first-order chi connectivity index (χ1) is 10.9. The number of sulfone groups is 1. The number of nitrogens with zero attached hydrogens (tertiary/aromatic N) is 2. The number of hydrogen-bond acceptors (Lipinski definition) is 5. The van der Waals surface area contributed by atoms with Gasteiger partial charge in [-0.1, -0.05) is 6.92 Å². The van der Waals surface area contributed by atoms with Gasteiger partial charge in [-0.3, -0.25) is 4.90 Å². The van der Waals surface area contributed by atoms with E-state index < -0.39 is 9.84 Å². The highest BCUT2D eigenvalue weighted by atomic mass is 32.2. The summed E-state index contributed by atoms with van der Waals surface area (Å²) in [5.74, 6) is 0.137. The second-order valence-corrected chi connectivity index (χ2v) is 8.51. The van der Waals surface area contributed by atoms with Crippen molar-refractivity contribution >= 4 is 15.5 Å². The van der Waals surface area contributed by atoms with Gasteiger partial charge >= 0.3 is 0 Å². The van der Waals surface area contributed by atoms with Gasteiger partial charge in [0, 0.05) is 44.5 Å². The first-order valence-corrected chi connectivity index (χ1v) is 9.86. The zero-order chi connectivity index (χ0) is 17.0. The molecule has 0 bridgehead atoms. The van der Waals surface area contributed by atoms with Crippen molar-refractivity contribution in [3.8, 4) is 0 Å². The molecule has 1 aliphatic heterocycles. The average molecular weight is 340 g/mol. The first-order valence-electron chi connectivity index (χ1n) is 8.21. The Bertz CT molecular complexity index is 589. The van der Waals surface area contributed by atoms with Crippen LogP contribution < -0.4 is 4.90 Å². The van der Waals surface area contributed by atoms with Crippen LogP contribution in [0.4, 0.5) is 5.69 Å². The van der Waals surface area contributed by atoms with Gasteiger partial charge in [0.25, 0.3) is 0 Å². The van der Waals surface area contributed by atoms with Crippen molar-refractivity contribution in [3.05, 3.63) is 24.3 Å². The molecule has 0 spiro atoms. The van der Waals surface area contributed by atoms with E-state index in [-0.39, 0.29) is 5.75 Å². The summed E-state index contributed by atoms with van der Waals surface area (Å²) in [6, 6.07) is 8.17. The van der Waals surface area contributed by atoms with Crippen LogP contribution in [0.25, 0.3) is 0 Å². The zero-order valence-corrected chi connectivity index (χ0v) is 15.3. The third kappa shape index (κ3) is 4.25. The summed E-state index contributed by atoms with van der Waals surface area (Å²) >= 11 is 0. The van der Waals surface area contributed by atoms with Crippen LogP contribution >= 0.6 is 0 Å². The maximum Gasteiger partial charge on any atom is 0.178 e. The van der Waals surface area contributed by atoms with Crippen LogP contribution in [0.2, 0.25) is 0 Å². The number of hydrogen-bond donors (Lipinski definition) is 0. The van der Waals surface area contributed by atoms with Gasteiger partial charge in [-0.05, 0) is 38.1 Å². The van der Waals surface area contributed by atoms with Crippen molar-refractivity contribution in [2.75, 3.05) is 44.0 Å². The molecule has 0 saturated carbocycles. The Morgan fingerprint density at radius 2 is 1.70 bits per heavy atom. The van der Waals surface area contributed by atoms with Crippen molar-refractivity contribution in [1.82, 2.24) is 4.90 Å². The van der Waals surface area contributed by atoms with E-state index in [0.717, 1.165) is 31.9 Å². The van der Waals surface area contributed by atoms with Gasteiger partial charge in [0.05, 0.1) is 17.3 Å². The maximum absolute atomic E-state index is 11.9. The highest BCUT2D eigenvalue weighted by Gasteiger charge is 2.29. The van der Waals surface area contributed by atoms with Crippen molar-refractivity contribution in [1.29, 1.82) is 0 Å². The molecule has 5 nitrogen and oxygen atoms in total. The Balaban J connectivity index is 2.09. The van der Waals surface area contributed by atoms with E-state index in [2.05, 4.69) is 23.6 Å². The molecule has 6 heteroatoms. The topological polar surface area (TPSA) is 49.9 Å². The van der Waals surface area contributed by atoms with Crippen LogP contribution in [0.1, 0.15) is 20.8 Å². The van der Waals surface area contributed by atoms with Gasteiger partial charge in [0.15, 0.2) is 9.84 Å². The van der Waals surface area contributed by atoms with Crippen LogP contribution in [0.15, 0.2) is 29.2 Å². The lowest BCUT2D eigenvalue weighted by molar-refractivity contribution is 0.0847. The molecule has 0 aromatic heterocycles. The minimum atomic E-state index is -3.13. The van der Waals surface area contributed by atoms with Crippen LogP contribution in [0.5, 0.6) is 0 Å². The van der Waals surface area contributed by atoms with Crippen LogP contribution in [-0.4, -0.2) is 64.5 Å². The molecule has 0 N–H and O–H groups in total. The summed E-state index contributed by atoms with van der Waals surface area (Å²) in [7, 11) is -1.39. The van der Waals surface area contributed by atoms with Crippen LogP contribution in [-0.2, 0) is 14.6 Å². The van der Waals surface area contributed by atoms with Gasteiger partial charge < -0.3 is 9.64 Å². The largest absolute Gasteiger partial charge is 0.383 e. The fourth-order valence-electron chi connectivity index (χ4n) is 3.24. The van der Waals surface area contributed by atoms with Crippen LogP contribution in [0.3, 0.4) is 0 Å². The predicted molar refractivity (Wildman–Crippen MR) is 93.9 cm³/mol. The van der Waals surface area contributed by atoms with Crippen molar-refractivity contribution in [2.45, 2.75) is 37.8 Å². The van der Waals surface area contributed by atoms with Crippen molar-refractivity contribution < 1.29 is 13.2 Å². The first kappa shape index (κ1) is 18.2. The number of rotatable bonds is 6. The highest BCUT2D eigenvalue weighted by Crippen LogP contribution is 2.24. The van der Waals surface area contributed by atoms with Gasteiger partial charge in [-0.2, -0.15) is 0 Å². The van der Waals surface area contributed by atoms with Gasteiger partial charge in [-0.25, -0.2) is 8.42 Å². The molecule has 2 rings (SSSR count). The monoisotopic (exact) mass is 340 g/mol.